The largest absolute Gasteiger partial charge is 0.477 e. The van der Waals surface area contributed by atoms with Crippen LogP contribution in [0.15, 0.2) is 39.9 Å². The van der Waals surface area contributed by atoms with Crippen molar-refractivity contribution in [2.75, 3.05) is 5.73 Å². The molecular formula is C17H13FN2O4. The average Bonchev–Trinajstić information content (AvgIpc) is 3.24. The van der Waals surface area contributed by atoms with Crippen LogP contribution in [0, 0.1) is 5.82 Å². The van der Waals surface area contributed by atoms with Crippen molar-refractivity contribution in [2.24, 2.45) is 0 Å². The molecule has 1 aliphatic rings. The molecule has 2 aromatic heterocycles. The Morgan fingerprint density at radius 2 is 2.17 bits per heavy atom. The SMILES string of the molecule is Nc1c(-c2ccco2)c(F)cc2c(=O)c(C(=O)O)cn(C3CC3)c12. The molecule has 122 valence electrons. The average molecular weight is 328 g/mol. The normalized spacial score (nSPS) is 14.2. The minimum Gasteiger partial charge on any atom is -0.477 e. The predicted octanol–water partition coefficient (Wildman–Crippen LogP) is 3.02. The first-order valence-electron chi connectivity index (χ1n) is 7.43. The molecule has 3 N–H and O–H groups in total. The predicted molar refractivity (Wildman–Crippen MR) is 85.5 cm³/mol. The lowest BCUT2D eigenvalue weighted by molar-refractivity contribution is 0.0695. The molecule has 6 nitrogen and oxygen atoms in total. The zero-order valence-corrected chi connectivity index (χ0v) is 12.5. The van der Waals surface area contributed by atoms with Crippen molar-refractivity contribution in [1.82, 2.24) is 4.57 Å². The van der Waals surface area contributed by atoms with Gasteiger partial charge in [0.1, 0.15) is 17.1 Å². The van der Waals surface area contributed by atoms with Crippen molar-refractivity contribution in [3.63, 3.8) is 0 Å². The van der Waals surface area contributed by atoms with E-state index in [-0.39, 0.29) is 34.0 Å². The molecule has 0 amide bonds. The molecule has 1 fully saturated rings. The minimum absolute atomic E-state index is 0.0351. The van der Waals surface area contributed by atoms with E-state index >= 15 is 0 Å². The highest BCUT2D eigenvalue weighted by atomic mass is 19.1. The Labute approximate surface area is 134 Å². The zero-order chi connectivity index (χ0) is 17.0. The van der Waals surface area contributed by atoms with Crippen molar-refractivity contribution in [3.8, 4) is 11.3 Å². The Morgan fingerprint density at radius 1 is 1.42 bits per heavy atom. The molecule has 1 aliphatic carbocycles. The summed E-state index contributed by atoms with van der Waals surface area (Å²) in [5, 5.41) is 9.21. The van der Waals surface area contributed by atoms with Gasteiger partial charge in [-0.3, -0.25) is 4.79 Å². The van der Waals surface area contributed by atoms with E-state index in [0.29, 0.717) is 5.52 Å². The number of hydrogen-bond acceptors (Lipinski definition) is 4. The summed E-state index contributed by atoms with van der Waals surface area (Å²) in [6, 6.07) is 4.28. The van der Waals surface area contributed by atoms with Gasteiger partial charge in [0.15, 0.2) is 0 Å². The van der Waals surface area contributed by atoms with Gasteiger partial charge in [-0.1, -0.05) is 0 Å². The molecule has 7 heteroatoms. The van der Waals surface area contributed by atoms with Gasteiger partial charge in [-0.05, 0) is 31.0 Å². The number of carboxylic acids is 1. The Bertz CT molecular complexity index is 1030. The number of nitrogens with two attached hydrogens (primary N) is 1. The minimum atomic E-state index is -1.34. The van der Waals surface area contributed by atoms with Crippen LogP contribution < -0.4 is 11.2 Å². The third-order valence-corrected chi connectivity index (χ3v) is 4.24. The van der Waals surface area contributed by atoms with Crippen molar-refractivity contribution >= 4 is 22.6 Å². The van der Waals surface area contributed by atoms with Crippen LogP contribution in [0.2, 0.25) is 0 Å². The molecule has 4 rings (SSSR count). The van der Waals surface area contributed by atoms with Gasteiger partial charge in [0, 0.05) is 12.2 Å². The van der Waals surface area contributed by atoms with Gasteiger partial charge in [0.05, 0.1) is 28.4 Å². The molecule has 0 spiro atoms. The summed E-state index contributed by atoms with van der Waals surface area (Å²) in [6.45, 7) is 0. The number of aromatic carboxylic acids is 1. The Morgan fingerprint density at radius 3 is 2.75 bits per heavy atom. The highest BCUT2D eigenvalue weighted by molar-refractivity contribution is 6.01. The number of carboxylic acid groups (broad SMARTS) is 1. The molecule has 0 bridgehead atoms. The molecule has 2 heterocycles. The summed E-state index contributed by atoms with van der Waals surface area (Å²) >= 11 is 0. The number of anilines is 1. The standard InChI is InChI=1S/C17H13FN2O4/c18-11-6-9-15(14(19)13(11)12-2-1-5-24-12)20(8-3-4-8)7-10(16(9)21)17(22)23/h1-2,5-8H,3-4,19H2,(H,22,23). The number of carbonyl (C=O) groups is 1. The summed E-state index contributed by atoms with van der Waals surface area (Å²) in [5.74, 6) is -1.81. The van der Waals surface area contributed by atoms with Crippen LogP contribution in [0.1, 0.15) is 29.2 Å². The highest BCUT2D eigenvalue weighted by Crippen LogP contribution is 2.41. The van der Waals surface area contributed by atoms with Crippen molar-refractivity contribution in [3.05, 3.63) is 52.3 Å². The molecule has 0 atom stereocenters. The van der Waals surface area contributed by atoms with Gasteiger partial charge in [-0.2, -0.15) is 0 Å². The van der Waals surface area contributed by atoms with E-state index in [1.165, 1.54) is 12.5 Å². The van der Waals surface area contributed by atoms with Crippen LogP contribution in [0.25, 0.3) is 22.2 Å². The topological polar surface area (TPSA) is 98.5 Å². The lowest BCUT2D eigenvalue weighted by Gasteiger charge is -2.16. The molecule has 3 aromatic rings. The molecule has 0 radical (unpaired) electrons. The number of rotatable bonds is 3. The summed E-state index contributed by atoms with van der Waals surface area (Å²) in [6.07, 6.45) is 4.40. The van der Waals surface area contributed by atoms with Gasteiger partial charge in [0.2, 0.25) is 5.43 Å². The van der Waals surface area contributed by atoms with Crippen molar-refractivity contribution < 1.29 is 18.7 Å². The van der Waals surface area contributed by atoms with E-state index in [4.69, 9.17) is 10.2 Å². The third kappa shape index (κ3) is 2.01. The molecule has 0 saturated heterocycles. The number of benzene rings is 1. The van der Waals surface area contributed by atoms with E-state index in [1.54, 1.807) is 16.7 Å². The quantitative estimate of drug-likeness (QED) is 0.720. The van der Waals surface area contributed by atoms with Crippen LogP contribution in [-0.4, -0.2) is 15.6 Å². The Kier molecular flexibility index (Phi) is 2.99. The van der Waals surface area contributed by atoms with E-state index in [2.05, 4.69) is 0 Å². The molecule has 0 aliphatic heterocycles. The van der Waals surface area contributed by atoms with E-state index in [1.807, 2.05) is 0 Å². The first-order chi connectivity index (χ1) is 11.5. The fourth-order valence-electron chi connectivity index (χ4n) is 2.98. The number of pyridine rings is 1. The molecule has 24 heavy (non-hydrogen) atoms. The van der Waals surface area contributed by atoms with Gasteiger partial charge in [-0.25, -0.2) is 9.18 Å². The molecule has 1 aromatic carbocycles. The second kappa shape index (κ2) is 4.95. The van der Waals surface area contributed by atoms with Gasteiger partial charge in [-0.15, -0.1) is 0 Å². The van der Waals surface area contributed by atoms with Crippen LogP contribution in [0.5, 0.6) is 0 Å². The first kappa shape index (κ1) is 14.5. The first-order valence-corrected chi connectivity index (χ1v) is 7.43. The smallest absolute Gasteiger partial charge is 0.341 e. The number of hydrogen-bond donors (Lipinski definition) is 2. The lowest BCUT2D eigenvalue weighted by atomic mass is 10.0. The fraction of sp³-hybridized carbons (Fsp3) is 0.176. The summed E-state index contributed by atoms with van der Waals surface area (Å²) in [4.78, 5) is 23.8. The second-order valence-electron chi connectivity index (χ2n) is 5.84. The van der Waals surface area contributed by atoms with Gasteiger partial charge >= 0.3 is 5.97 Å². The Hall–Kier alpha value is -3.09. The van der Waals surface area contributed by atoms with E-state index in [9.17, 15) is 19.1 Å². The summed E-state index contributed by atoms with van der Waals surface area (Å²) < 4.78 is 21.5. The van der Waals surface area contributed by atoms with E-state index in [0.717, 1.165) is 18.9 Å². The van der Waals surface area contributed by atoms with Gasteiger partial charge < -0.3 is 19.8 Å². The maximum Gasteiger partial charge on any atom is 0.341 e. The maximum absolute atomic E-state index is 14.6. The number of nitrogen functional groups attached to an aromatic ring is 1. The maximum atomic E-state index is 14.6. The fourth-order valence-corrected chi connectivity index (χ4v) is 2.98. The molecule has 1 saturated carbocycles. The van der Waals surface area contributed by atoms with Crippen molar-refractivity contribution in [2.45, 2.75) is 18.9 Å². The number of nitrogens with zero attached hydrogens (tertiary/aromatic N) is 1. The Balaban J connectivity index is 2.15. The van der Waals surface area contributed by atoms with Crippen LogP contribution >= 0.6 is 0 Å². The monoisotopic (exact) mass is 328 g/mol. The van der Waals surface area contributed by atoms with Gasteiger partial charge in [0.25, 0.3) is 0 Å². The van der Waals surface area contributed by atoms with E-state index < -0.39 is 17.2 Å². The third-order valence-electron chi connectivity index (χ3n) is 4.24. The molecule has 0 unspecified atom stereocenters. The van der Waals surface area contributed by atoms with Crippen molar-refractivity contribution in [1.29, 1.82) is 0 Å². The summed E-state index contributed by atoms with van der Waals surface area (Å²) in [7, 11) is 0. The molecular weight excluding hydrogens is 315 g/mol. The lowest BCUT2D eigenvalue weighted by Crippen LogP contribution is -2.20. The van der Waals surface area contributed by atoms with Crippen LogP contribution in [-0.2, 0) is 0 Å². The van der Waals surface area contributed by atoms with Crippen LogP contribution in [0.3, 0.4) is 0 Å². The number of aromatic nitrogens is 1. The summed E-state index contributed by atoms with van der Waals surface area (Å²) in [5.41, 5.74) is 5.52. The van der Waals surface area contributed by atoms with Crippen LogP contribution in [0.4, 0.5) is 10.1 Å². The zero-order valence-electron chi connectivity index (χ0n) is 12.5. The second-order valence-corrected chi connectivity index (χ2v) is 5.84. The number of furan rings is 1. The number of fused-ring (bicyclic) bond motifs is 1. The highest BCUT2D eigenvalue weighted by Gasteiger charge is 2.29. The number of halogens is 1.